The van der Waals surface area contributed by atoms with Crippen LogP contribution >= 0.6 is 0 Å². The molecular weight excluding hydrogens is 432 g/mol. The molecule has 4 aromatic rings. The molecule has 0 unspecified atom stereocenters. The van der Waals surface area contributed by atoms with Crippen LogP contribution in [0.3, 0.4) is 0 Å². The van der Waals surface area contributed by atoms with Gasteiger partial charge in [-0.25, -0.2) is 4.57 Å². The molecule has 7 nitrogen and oxygen atoms in total. The molecule has 34 heavy (non-hydrogen) atoms. The predicted octanol–water partition coefficient (Wildman–Crippen LogP) is 4.71. The number of hydrogen-bond acceptors (Lipinski definition) is 6. The summed E-state index contributed by atoms with van der Waals surface area (Å²) in [5.74, 6) is 4.01. The summed E-state index contributed by atoms with van der Waals surface area (Å²) in [7, 11) is 10.8. The molecule has 5 rings (SSSR count). The first-order valence-electron chi connectivity index (χ1n) is 11.1. The van der Waals surface area contributed by atoms with Gasteiger partial charge in [-0.3, -0.25) is 4.90 Å². The first-order chi connectivity index (χ1) is 16.5. The highest BCUT2D eigenvalue weighted by Gasteiger charge is 2.32. The maximum absolute atomic E-state index is 5.91. The number of aromatic nitrogens is 1. The summed E-state index contributed by atoms with van der Waals surface area (Å²) in [5.41, 5.74) is 5.22. The molecule has 3 heterocycles. The Balaban J connectivity index is 1.87. The van der Waals surface area contributed by atoms with Gasteiger partial charge in [-0.05, 0) is 29.7 Å². The molecule has 1 aliphatic rings. The second kappa shape index (κ2) is 8.48. The van der Waals surface area contributed by atoms with Crippen LogP contribution in [-0.2, 0) is 13.0 Å². The number of hydrogen-bond donors (Lipinski definition) is 0. The van der Waals surface area contributed by atoms with Crippen molar-refractivity contribution in [3.05, 3.63) is 48.4 Å². The highest BCUT2D eigenvalue weighted by atomic mass is 16.5. The lowest BCUT2D eigenvalue weighted by Gasteiger charge is -2.26. The Kier molecular flexibility index (Phi) is 5.48. The fourth-order valence-electron chi connectivity index (χ4n) is 5.05. The number of anilines is 1. The number of ether oxygens (including phenoxy) is 4. The molecule has 0 saturated carbocycles. The van der Waals surface area contributed by atoms with Gasteiger partial charge in [0, 0.05) is 34.7 Å². The molecule has 0 fully saturated rings. The summed E-state index contributed by atoms with van der Waals surface area (Å²) < 4.78 is 30.7. The van der Waals surface area contributed by atoms with Crippen LogP contribution in [0.15, 0.2) is 47.3 Å². The van der Waals surface area contributed by atoms with Crippen LogP contribution in [0.2, 0.25) is 0 Å². The minimum absolute atomic E-state index is 0.701. The maximum Gasteiger partial charge on any atom is 0.284 e. The largest absolute Gasteiger partial charge is 0.493 e. The lowest BCUT2D eigenvalue weighted by molar-refractivity contribution is -0.674. The highest BCUT2D eigenvalue weighted by molar-refractivity contribution is 5.96. The predicted molar refractivity (Wildman–Crippen MR) is 132 cm³/mol. The first-order valence-corrected chi connectivity index (χ1v) is 11.1. The van der Waals surface area contributed by atoms with E-state index in [4.69, 9.17) is 23.4 Å². The van der Waals surface area contributed by atoms with E-state index in [0.29, 0.717) is 11.5 Å². The van der Waals surface area contributed by atoms with E-state index in [1.54, 1.807) is 41.0 Å². The van der Waals surface area contributed by atoms with Crippen LogP contribution in [0.5, 0.6) is 23.0 Å². The molecule has 0 spiro atoms. The topological polar surface area (TPSA) is 57.2 Å². The van der Waals surface area contributed by atoms with E-state index >= 15 is 0 Å². The molecule has 0 atom stereocenters. The number of benzene rings is 2. The van der Waals surface area contributed by atoms with Crippen molar-refractivity contribution in [2.24, 2.45) is 0 Å². The van der Waals surface area contributed by atoms with Gasteiger partial charge in [0.05, 0.1) is 67.0 Å². The Morgan fingerprint density at radius 3 is 2.21 bits per heavy atom. The number of methoxy groups -OCH3 is 4. The van der Waals surface area contributed by atoms with Crippen molar-refractivity contribution >= 4 is 16.6 Å². The van der Waals surface area contributed by atoms with Gasteiger partial charge in [0.25, 0.3) is 5.82 Å². The van der Waals surface area contributed by atoms with Crippen molar-refractivity contribution < 1.29 is 27.9 Å². The quantitative estimate of drug-likeness (QED) is 0.388. The summed E-state index contributed by atoms with van der Waals surface area (Å²) >= 11 is 0. The Hall–Kier alpha value is -3.87. The first kappa shape index (κ1) is 21.9. The summed E-state index contributed by atoms with van der Waals surface area (Å²) in [6.45, 7) is 0.810. The minimum atomic E-state index is 0.701. The summed E-state index contributed by atoms with van der Waals surface area (Å²) in [6, 6.07) is 10.4. The summed E-state index contributed by atoms with van der Waals surface area (Å²) in [6.07, 6.45) is 4.21. The van der Waals surface area contributed by atoms with E-state index in [-0.39, 0.29) is 0 Å². The second-order valence-corrected chi connectivity index (χ2v) is 8.47. The monoisotopic (exact) mass is 461 g/mol. The van der Waals surface area contributed by atoms with Crippen molar-refractivity contribution in [1.29, 1.82) is 0 Å². The molecule has 0 radical (unpaired) electrons. The van der Waals surface area contributed by atoms with E-state index in [1.165, 1.54) is 0 Å². The average Bonchev–Trinajstić information content (AvgIpc) is 3.39. The fourth-order valence-corrected chi connectivity index (χ4v) is 5.05. The summed E-state index contributed by atoms with van der Waals surface area (Å²) in [4.78, 5) is 2.15. The van der Waals surface area contributed by atoms with Crippen LogP contribution in [-0.4, -0.2) is 42.5 Å². The third-order valence-electron chi connectivity index (χ3n) is 6.50. The molecule has 0 bridgehead atoms. The fraction of sp³-hybridized carbons (Fsp3) is 0.296. The smallest absolute Gasteiger partial charge is 0.284 e. The number of nitrogens with zero attached hydrogens (tertiary/aromatic N) is 2. The third-order valence-corrected chi connectivity index (χ3v) is 6.50. The van der Waals surface area contributed by atoms with Crippen LogP contribution in [0.4, 0.5) is 5.82 Å². The molecule has 0 saturated heterocycles. The van der Waals surface area contributed by atoms with Crippen LogP contribution in [0.25, 0.3) is 33.2 Å². The van der Waals surface area contributed by atoms with E-state index in [2.05, 4.69) is 41.8 Å². The Morgan fingerprint density at radius 1 is 0.853 bits per heavy atom. The Bertz CT molecular complexity index is 1380. The van der Waals surface area contributed by atoms with E-state index in [9.17, 15) is 0 Å². The molecule has 2 aromatic carbocycles. The highest BCUT2D eigenvalue weighted by Crippen LogP contribution is 2.47. The van der Waals surface area contributed by atoms with Crippen molar-refractivity contribution in [3.63, 3.8) is 0 Å². The van der Waals surface area contributed by atoms with Gasteiger partial charge in [0.15, 0.2) is 23.0 Å². The molecule has 7 heteroatoms. The van der Waals surface area contributed by atoms with E-state index < -0.39 is 0 Å². The zero-order chi connectivity index (χ0) is 24.0. The molecule has 1 aliphatic heterocycles. The van der Waals surface area contributed by atoms with Gasteiger partial charge in [-0.1, -0.05) is 0 Å². The zero-order valence-corrected chi connectivity index (χ0v) is 20.4. The van der Waals surface area contributed by atoms with Crippen molar-refractivity contribution in [2.75, 3.05) is 47.4 Å². The Morgan fingerprint density at radius 2 is 1.59 bits per heavy atom. The molecule has 2 aromatic heterocycles. The van der Waals surface area contributed by atoms with E-state index in [1.807, 2.05) is 12.1 Å². The zero-order valence-electron chi connectivity index (χ0n) is 20.4. The van der Waals surface area contributed by atoms with Gasteiger partial charge >= 0.3 is 0 Å². The Labute approximate surface area is 199 Å². The molecule has 0 N–H and O–H groups in total. The number of rotatable bonds is 6. The lowest BCUT2D eigenvalue weighted by atomic mass is 9.90. The van der Waals surface area contributed by atoms with Gasteiger partial charge < -0.3 is 23.4 Å². The third kappa shape index (κ3) is 3.22. The van der Waals surface area contributed by atoms with Gasteiger partial charge in [0.1, 0.15) is 5.69 Å². The number of pyridine rings is 1. The summed E-state index contributed by atoms with van der Waals surface area (Å²) in [5, 5.41) is 2.17. The molecule has 0 amide bonds. The average molecular weight is 462 g/mol. The SMILES string of the molecule is COc1cc2cc3[n+](c(N(C)C)c2cc1OC)CCc1c-3cc(-c2ccoc2)c(OC)c1OC. The molecule has 0 aliphatic carbocycles. The lowest BCUT2D eigenvalue weighted by Crippen LogP contribution is -2.45. The maximum atomic E-state index is 5.91. The standard InChI is InChI=1S/C27H29N2O5/c1-28(2)27-20-14-24(31-4)23(30-3)12-17(20)11-22-21-13-19(16-8-10-34-15-16)26(33-6)25(32-5)18(21)7-9-29(22)27/h8,10-15H,7,9H2,1-6H3/q+1. The number of furan rings is 1. The minimum Gasteiger partial charge on any atom is -0.493 e. The normalized spacial score (nSPS) is 12.2. The van der Waals surface area contributed by atoms with Crippen molar-refractivity contribution in [2.45, 2.75) is 13.0 Å². The second-order valence-electron chi connectivity index (χ2n) is 8.47. The number of fused-ring (bicyclic) bond motifs is 4. The van der Waals surface area contributed by atoms with Crippen LogP contribution in [0, 0.1) is 0 Å². The molecular formula is C27H29N2O5+. The van der Waals surface area contributed by atoms with E-state index in [0.717, 1.165) is 69.0 Å². The van der Waals surface area contributed by atoms with Crippen molar-refractivity contribution in [3.8, 4) is 45.4 Å². The molecule has 176 valence electrons. The van der Waals surface area contributed by atoms with Gasteiger partial charge in [-0.2, -0.15) is 0 Å². The van der Waals surface area contributed by atoms with Crippen LogP contribution in [0.1, 0.15) is 5.56 Å². The van der Waals surface area contributed by atoms with Gasteiger partial charge in [-0.15, -0.1) is 0 Å². The van der Waals surface area contributed by atoms with Gasteiger partial charge in [0.2, 0.25) is 0 Å². The van der Waals surface area contributed by atoms with Crippen LogP contribution < -0.4 is 28.4 Å². The van der Waals surface area contributed by atoms with Crippen molar-refractivity contribution in [1.82, 2.24) is 0 Å².